The minimum atomic E-state index is -0.114. The summed E-state index contributed by atoms with van der Waals surface area (Å²) < 4.78 is 6.41. The van der Waals surface area contributed by atoms with Crippen molar-refractivity contribution in [3.8, 4) is 0 Å². The zero-order chi connectivity index (χ0) is 14.4. The molecule has 1 aliphatic carbocycles. The van der Waals surface area contributed by atoms with Gasteiger partial charge in [-0.15, -0.1) is 0 Å². The molecule has 0 atom stereocenters. The molecule has 0 aliphatic heterocycles. The number of carbonyl (C=O) groups is 1. The number of halogens is 1. The number of hydrogen-bond acceptors (Lipinski definition) is 3. The summed E-state index contributed by atoms with van der Waals surface area (Å²) in [5.41, 5.74) is 0.950. The molecule has 1 fully saturated rings. The fraction of sp³-hybridized carbons (Fsp3) is 0.562. The van der Waals surface area contributed by atoms with Gasteiger partial charge in [0, 0.05) is 15.6 Å². The van der Waals surface area contributed by atoms with Crippen LogP contribution in [0.25, 0.3) is 0 Å². The third-order valence-electron chi connectivity index (χ3n) is 4.17. The highest BCUT2D eigenvalue weighted by atomic mass is 79.9. The number of nitrogens with one attached hydrogen (secondary N) is 1. The van der Waals surface area contributed by atoms with Crippen molar-refractivity contribution < 1.29 is 9.53 Å². The molecule has 1 saturated carbocycles. The van der Waals surface area contributed by atoms with Crippen LogP contribution >= 0.6 is 15.9 Å². The van der Waals surface area contributed by atoms with Crippen LogP contribution in [-0.2, 0) is 16.1 Å². The summed E-state index contributed by atoms with van der Waals surface area (Å²) in [5.74, 6) is -0.114. The first-order valence-electron chi connectivity index (χ1n) is 7.23. The summed E-state index contributed by atoms with van der Waals surface area (Å²) in [5, 5.41) is 3.35. The number of esters is 1. The van der Waals surface area contributed by atoms with Crippen molar-refractivity contribution in [2.24, 2.45) is 0 Å². The molecule has 0 spiro atoms. The van der Waals surface area contributed by atoms with E-state index < -0.39 is 0 Å². The van der Waals surface area contributed by atoms with Gasteiger partial charge in [0.05, 0.1) is 6.42 Å². The molecule has 0 heterocycles. The molecule has 0 amide bonds. The second-order valence-corrected chi connectivity index (χ2v) is 6.37. The molecule has 0 radical (unpaired) electrons. The van der Waals surface area contributed by atoms with E-state index in [0.717, 1.165) is 22.9 Å². The summed E-state index contributed by atoms with van der Waals surface area (Å²) in [6.07, 6.45) is 6.25. The summed E-state index contributed by atoms with van der Waals surface area (Å²) in [6.45, 7) is 0.333. The van der Waals surface area contributed by atoms with Crippen molar-refractivity contribution in [1.29, 1.82) is 0 Å². The minimum Gasteiger partial charge on any atom is -0.461 e. The topological polar surface area (TPSA) is 38.3 Å². The Labute approximate surface area is 129 Å². The molecule has 4 heteroatoms. The number of carbonyl (C=O) groups excluding carboxylic acids is 1. The van der Waals surface area contributed by atoms with Crippen molar-refractivity contribution in [3.63, 3.8) is 0 Å². The van der Waals surface area contributed by atoms with Crippen LogP contribution < -0.4 is 5.32 Å². The molecule has 110 valence electrons. The third kappa shape index (κ3) is 4.06. The van der Waals surface area contributed by atoms with E-state index in [-0.39, 0.29) is 11.5 Å². The average Bonchev–Trinajstić information content (AvgIpc) is 2.47. The highest BCUT2D eigenvalue weighted by Gasteiger charge is 2.33. The Bertz CT molecular complexity index is 456. The lowest BCUT2D eigenvalue weighted by Crippen LogP contribution is -2.46. The SMILES string of the molecule is CNC1(CC(=O)OCc2ccccc2Br)CCCCC1. The zero-order valence-electron chi connectivity index (χ0n) is 12.0. The molecule has 2 rings (SSSR count). The molecular formula is C16H22BrNO2. The Morgan fingerprint density at radius 1 is 1.30 bits per heavy atom. The predicted molar refractivity (Wildman–Crippen MR) is 83.4 cm³/mol. The van der Waals surface area contributed by atoms with Crippen molar-refractivity contribution in [2.75, 3.05) is 7.05 Å². The molecule has 1 N–H and O–H groups in total. The molecule has 0 saturated heterocycles. The first kappa shape index (κ1) is 15.5. The number of hydrogen-bond donors (Lipinski definition) is 1. The van der Waals surface area contributed by atoms with Gasteiger partial charge in [-0.2, -0.15) is 0 Å². The van der Waals surface area contributed by atoms with E-state index in [1.54, 1.807) is 0 Å². The maximum Gasteiger partial charge on any atom is 0.307 e. The third-order valence-corrected chi connectivity index (χ3v) is 4.94. The highest BCUT2D eigenvalue weighted by molar-refractivity contribution is 9.10. The minimum absolute atomic E-state index is 0.0523. The van der Waals surface area contributed by atoms with Gasteiger partial charge in [0.25, 0.3) is 0 Å². The van der Waals surface area contributed by atoms with Crippen LogP contribution in [0.1, 0.15) is 44.1 Å². The van der Waals surface area contributed by atoms with Gasteiger partial charge in [-0.25, -0.2) is 0 Å². The molecular weight excluding hydrogens is 318 g/mol. The van der Waals surface area contributed by atoms with Crippen molar-refractivity contribution >= 4 is 21.9 Å². The van der Waals surface area contributed by atoms with Gasteiger partial charge in [0.1, 0.15) is 6.61 Å². The molecule has 0 bridgehead atoms. The van der Waals surface area contributed by atoms with Gasteiger partial charge in [0.2, 0.25) is 0 Å². The smallest absolute Gasteiger partial charge is 0.307 e. The molecule has 1 aromatic carbocycles. The van der Waals surface area contributed by atoms with E-state index in [1.807, 2.05) is 31.3 Å². The molecule has 0 unspecified atom stereocenters. The monoisotopic (exact) mass is 339 g/mol. The first-order valence-corrected chi connectivity index (χ1v) is 8.02. The van der Waals surface area contributed by atoms with Crippen molar-refractivity contribution in [3.05, 3.63) is 34.3 Å². The Morgan fingerprint density at radius 3 is 2.65 bits per heavy atom. The molecule has 20 heavy (non-hydrogen) atoms. The van der Waals surface area contributed by atoms with Crippen LogP contribution in [0.4, 0.5) is 0 Å². The maximum absolute atomic E-state index is 12.1. The second-order valence-electron chi connectivity index (χ2n) is 5.52. The normalized spacial score (nSPS) is 17.7. The van der Waals surface area contributed by atoms with Gasteiger partial charge in [0.15, 0.2) is 0 Å². The fourth-order valence-corrected chi connectivity index (χ4v) is 3.24. The second kappa shape index (κ2) is 7.23. The van der Waals surface area contributed by atoms with Crippen LogP contribution in [0.2, 0.25) is 0 Å². The van der Waals surface area contributed by atoms with Gasteiger partial charge in [-0.3, -0.25) is 4.79 Å². The van der Waals surface area contributed by atoms with Crippen molar-refractivity contribution in [1.82, 2.24) is 5.32 Å². The Morgan fingerprint density at radius 2 is 2.00 bits per heavy atom. The Balaban J connectivity index is 1.87. The Hall–Kier alpha value is -0.870. The van der Waals surface area contributed by atoms with Crippen LogP contribution in [0.5, 0.6) is 0 Å². The lowest BCUT2D eigenvalue weighted by molar-refractivity contribution is -0.147. The van der Waals surface area contributed by atoms with Gasteiger partial charge < -0.3 is 10.1 Å². The van der Waals surface area contributed by atoms with Gasteiger partial charge in [-0.05, 0) is 26.0 Å². The number of rotatable bonds is 5. The molecule has 3 nitrogen and oxygen atoms in total. The summed E-state index contributed by atoms with van der Waals surface area (Å²) in [4.78, 5) is 12.1. The van der Waals surface area contributed by atoms with E-state index in [4.69, 9.17) is 4.74 Å². The van der Waals surface area contributed by atoms with Crippen LogP contribution in [0.15, 0.2) is 28.7 Å². The average molecular weight is 340 g/mol. The lowest BCUT2D eigenvalue weighted by Gasteiger charge is -2.36. The van der Waals surface area contributed by atoms with E-state index in [0.29, 0.717) is 13.0 Å². The summed E-state index contributed by atoms with van der Waals surface area (Å²) in [6, 6.07) is 7.82. The lowest BCUT2D eigenvalue weighted by atomic mass is 9.79. The quantitative estimate of drug-likeness (QED) is 0.829. The Kier molecular flexibility index (Phi) is 5.61. The summed E-state index contributed by atoms with van der Waals surface area (Å²) >= 11 is 3.47. The first-order chi connectivity index (χ1) is 9.65. The van der Waals surface area contributed by atoms with Gasteiger partial charge >= 0.3 is 5.97 Å². The fourth-order valence-electron chi connectivity index (χ4n) is 2.84. The van der Waals surface area contributed by atoms with E-state index >= 15 is 0 Å². The summed E-state index contributed by atoms with van der Waals surface area (Å²) in [7, 11) is 1.95. The number of ether oxygens (including phenoxy) is 1. The van der Waals surface area contributed by atoms with Crippen LogP contribution in [0, 0.1) is 0 Å². The zero-order valence-corrected chi connectivity index (χ0v) is 13.5. The number of benzene rings is 1. The maximum atomic E-state index is 12.1. The molecule has 1 aliphatic rings. The standard InChI is InChI=1S/C16H22BrNO2/c1-18-16(9-5-2-6-10-16)11-15(19)20-12-13-7-3-4-8-14(13)17/h3-4,7-8,18H,2,5-6,9-12H2,1H3. The van der Waals surface area contributed by atoms with Gasteiger partial charge in [-0.1, -0.05) is 53.4 Å². The van der Waals surface area contributed by atoms with E-state index in [9.17, 15) is 4.79 Å². The largest absolute Gasteiger partial charge is 0.461 e. The van der Waals surface area contributed by atoms with Crippen molar-refractivity contribution in [2.45, 2.75) is 50.7 Å². The molecule has 1 aromatic rings. The van der Waals surface area contributed by atoms with E-state index in [1.165, 1.54) is 19.3 Å². The highest BCUT2D eigenvalue weighted by Crippen LogP contribution is 2.31. The predicted octanol–water partition coefficient (Wildman–Crippen LogP) is 3.80. The van der Waals surface area contributed by atoms with E-state index in [2.05, 4.69) is 21.2 Å². The van der Waals surface area contributed by atoms with Crippen LogP contribution in [-0.4, -0.2) is 18.6 Å². The molecule has 0 aromatic heterocycles. The van der Waals surface area contributed by atoms with Crippen LogP contribution in [0.3, 0.4) is 0 Å².